The van der Waals surface area contributed by atoms with Crippen LogP contribution in [0.5, 0.6) is 0 Å². The van der Waals surface area contributed by atoms with E-state index in [1.54, 1.807) is 0 Å². The van der Waals surface area contributed by atoms with Crippen molar-refractivity contribution in [3.05, 3.63) is 0 Å². The van der Waals surface area contributed by atoms with Crippen molar-refractivity contribution in [1.29, 1.82) is 0 Å². The second-order valence-corrected chi connectivity index (χ2v) is 3.88. The average molecular weight is 214 g/mol. The molecule has 2 N–H and O–H groups in total. The van der Waals surface area contributed by atoms with Crippen molar-refractivity contribution in [3.8, 4) is 0 Å². The Hall–Kier alpha value is -0.610. The van der Waals surface area contributed by atoms with E-state index >= 15 is 0 Å². The molecule has 1 aliphatic heterocycles. The fourth-order valence-corrected chi connectivity index (χ4v) is 1.79. The summed E-state index contributed by atoms with van der Waals surface area (Å²) >= 11 is 0. The van der Waals surface area contributed by atoms with E-state index in [0.29, 0.717) is 25.7 Å². The highest BCUT2D eigenvalue weighted by Crippen LogP contribution is 2.07. The van der Waals surface area contributed by atoms with Crippen LogP contribution in [-0.4, -0.2) is 38.3 Å². The van der Waals surface area contributed by atoms with E-state index < -0.39 is 0 Å². The number of ether oxygens (including phenoxy) is 1. The van der Waals surface area contributed by atoms with Gasteiger partial charge < -0.3 is 15.4 Å². The molecule has 0 radical (unpaired) electrons. The lowest BCUT2D eigenvalue weighted by atomic mass is 10.1. The summed E-state index contributed by atoms with van der Waals surface area (Å²) in [6.45, 7) is 5.05. The molecule has 0 aromatic carbocycles. The molecule has 1 atom stereocenters. The molecule has 0 aromatic heterocycles. The van der Waals surface area contributed by atoms with E-state index in [1.165, 1.54) is 12.8 Å². The summed E-state index contributed by atoms with van der Waals surface area (Å²) in [5, 5.41) is 6.32. The molecule has 0 aliphatic carbocycles. The maximum Gasteiger partial charge on any atom is 0.222 e. The van der Waals surface area contributed by atoms with E-state index in [4.69, 9.17) is 4.74 Å². The number of nitrogens with one attached hydrogen (secondary N) is 2. The van der Waals surface area contributed by atoms with Crippen molar-refractivity contribution in [2.45, 2.75) is 38.6 Å². The Bertz CT molecular complexity index is 179. The number of hydrogen-bond acceptors (Lipinski definition) is 3. The quantitative estimate of drug-likeness (QED) is 0.612. The van der Waals surface area contributed by atoms with Crippen molar-refractivity contribution >= 4 is 5.91 Å². The monoisotopic (exact) mass is 214 g/mol. The summed E-state index contributed by atoms with van der Waals surface area (Å²) in [4.78, 5) is 11.3. The van der Waals surface area contributed by atoms with Gasteiger partial charge in [0.25, 0.3) is 0 Å². The smallest absolute Gasteiger partial charge is 0.222 e. The highest BCUT2D eigenvalue weighted by molar-refractivity contribution is 5.75. The molecule has 0 aromatic rings. The minimum absolute atomic E-state index is 0.0986. The van der Waals surface area contributed by atoms with Crippen LogP contribution in [0.3, 0.4) is 0 Å². The lowest BCUT2D eigenvalue weighted by Crippen LogP contribution is -2.31. The van der Waals surface area contributed by atoms with Gasteiger partial charge in [-0.15, -0.1) is 0 Å². The summed E-state index contributed by atoms with van der Waals surface area (Å²) in [5.41, 5.74) is 0. The van der Waals surface area contributed by atoms with Gasteiger partial charge in [-0.2, -0.15) is 0 Å². The third-order valence-corrected chi connectivity index (χ3v) is 2.65. The van der Waals surface area contributed by atoms with Gasteiger partial charge in [-0.25, -0.2) is 0 Å². The number of amides is 1. The molecule has 1 aliphatic rings. The summed E-state index contributed by atoms with van der Waals surface area (Å²) < 4.78 is 5.11. The zero-order chi connectivity index (χ0) is 10.9. The molecule has 1 heterocycles. The fraction of sp³-hybridized carbons (Fsp3) is 0.909. The number of hydrogen-bond donors (Lipinski definition) is 2. The zero-order valence-corrected chi connectivity index (χ0v) is 9.55. The van der Waals surface area contributed by atoms with Crippen LogP contribution >= 0.6 is 0 Å². The van der Waals surface area contributed by atoms with Gasteiger partial charge >= 0.3 is 0 Å². The van der Waals surface area contributed by atoms with Crippen molar-refractivity contribution in [2.75, 3.05) is 26.3 Å². The van der Waals surface area contributed by atoms with E-state index in [-0.39, 0.29) is 5.91 Å². The van der Waals surface area contributed by atoms with Gasteiger partial charge in [0, 0.05) is 25.6 Å². The predicted octanol–water partition coefficient (Wildman–Crippen LogP) is 0.671. The minimum atomic E-state index is 0.0986. The molecular weight excluding hydrogens is 192 g/mol. The van der Waals surface area contributed by atoms with Crippen LogP contribution in [0.2, 0.25) is 0 Å². The standard InChI is InChI=1S/C11H22N2O2/c1-2-15-9-6-11(14)13-8-5-10-4-3-7-12-10/h10,12H,2-9H2,1H3,(H,13,14). The third-order valence-electron chi connectivity index (χ3n) is 2.65. The molecule has 88 valence electrons. The van der Waals surface area contributed by atoms with E-state index in [9.17, 15) is 4.79 Å². The average Bonchev–Trinajstić information content (AvgIpc) is 2.71. The first-order chi connectivity index (χ1) is 7.33. The first-order valence-electron chi connectivity index (χ1n) is 5.90. The highest BCUT2D eigenvalue weighted by Gasteiger charge is 2.13. The van der Waals surface area contributed by atoms with Gasteiger partial charge in [-0.3, -0.25) is 4.79 Å². The molecule has 1 unspecified atom stereocenters. The Morgan fingerprint density at radius 1 is 1.60 bits per heavy atom. The Balaban J connectivity index is 1.91. The molecule has 4 nitrogen and oxygen atoms in total. The largest absolute Gasteiger partial charge is 0.381 e. The molecule has 0 spiro atoms. The van der Waals surface area contributed by atoms with Gasteiger partial charge in [0.2, 0.25) is 5.91 Å². The SMILES string of the molecule is CCOCCC(=O)NCCC1CCCN1. The van der Waals surface area contributed by atoms with Gasteiger partial charge in [-0.05, 0) is 32.7 Å². The summed E-state index contributed by atoms with van der Waals surface area (Å²) in [7, 11) is 0. The van der Waals surface area contributed by atoms with E-state index in [0.717, 1.165) is 19.5 Å². The molecule has 1 amide bonds. The van der Waals surface area contributed by atoms with Gasteiger partial charge in [0.15, 0.2) is 0 Å². The maximum absolute atomic E-state index is 11.3. The van der Waals surface area contributed by atoms with Crippen LogP contribution in [-0.2, 0) is 9.53 Å². The number of carbonyl (C=O) groups excluding carboxylic acids is 1. The Labute approximate surface area is 91.8 Å². The Morgan fingerprint density at radius 3 is 3.13 bits per heavy atom. The van der Waals surface area contributed by atoms with Crippen LogP contribution in [0, 0.1) is 0 Å². The second kappa shape index (κ2) is 7.65. The minimum Gasteiger partial charge on any atom is -0.381 e. The van der Waals surface area contributed by atoms with Gasteiger partial charge in [-0.1, -0.05) is 0 Å². The zero-order valence-electron chi connectivity index (χ0n) is 9.55. The maximum atomic E-state index is 11.3. The lowest BCUT2D eigenvalue weighted by Gasteiger charge is -2.10. The topological polar surface area (TPSA) is 50.4 Å². The van der Waals surface area contributed by atoms with Crippen LogP contribution in [0.25, 0.3) is 0 Å². The molecule has 1 fully saturated rings. The van der Waals surface area contributed by atoms with Crippen LogP contribution in [0.15, 0.2) is 0 Å². The summed E-state index contributed by atoms with van der Waals surface area (Å²) in [6.07, 6.45) is 4.03. The van der Waals surface area contributed by atoms with Gasteiger partial charge in [0.1, 0.15) is 0 Å². The molecule has 0 saturated carbocycles. The normalized spacial score (nSPS) is 20.5. The molecule has 0 bridgehead atoms. The number of carbonyl (C=O) groups is 1. The summed E-state index contributed by atoms with van der Waals surface area (Å²) in [6, 6.07) is 0.609. The first kappa shape index (κ1) is 12.5. The van der Waals surface area contributed by atoms with Crippen molar-refractivity contribution in [1.82, 2.24) is 10.6 Å². The Kier molecular flexibility index (Phi) is 6.36. The van der Waals surface area contributed by atoms with Crippen LogP contribution < -0.4 is 10.6 Å². The first-order valence-corrected chi connectivity index (χ1v) is 5.90. The van der Waals surface area contributed by atoms with Gasteiger partial charge in [0.05, 0.1) is 6.61 Å². The van der Waals surface area contributed by atoms with Crippen LogP contribution in [0.1, 0.15) is 32.6 Å². The predicted molar refractivity (Wildman–Crippen MR) is 59.8 cm³/mol. The van der Waals surface area contributed by atoms with Crippen molar-refractivity contribution in [2.24, 2.45) is 0 Å². The lowest BCUT2D eigenvalue weighted by molar-refractivity contribution is -0.122. The molecule has 4 heteroatoms. The van der Waals surface area contributed by atoms with E-state index in [2.05, 4.69) is 10.6 Å². The van der Waals surface area contributed by atoms with Crippen molar-refractivity contribution in [3.63, 3.8) is 0 Å². The molecular formula is C11H22N2O2. The molecule has 1 saturated heterocycles. The molecule has 1 rings (SSSR count). The third kappa shape index (κ3) is 5.74. The molecule has 15 heavy (non-hydrogen) atoms. The Morgan fingerprint density at radius 2 is 2.47 bits per heavy atom. The number of rotatable bonds is 7. The van der Waals surface area contributed by atoms with E-state index in [1.807, 2.05) is 6.92 Å². The van der Waals surface area contributed by atoms with Crippen molar-refractivity contribution < 1.29 is 9.53 Å². The highest BCUT2D eigenvalue weighted by atomic mass is 16.5. The second-order valence-electron chi connectivity index (χ2n) is 3.88. The summed E-state index contributed by atoms with van der Waals surface area (Å²) in [5.74, 6) is 0.0986. The fourth-order valence-electron chi connectivity index (χ4n) is 1.79. The van der Waals surface area contributed by atoms with Crippen LogP contribution in [0.4, 0.5) is 0 Å².